The van der Waals surface area contributed by atoms with Crippen LogP contribution in [0.15, 0.2) is 26.8 Å². The van der Waals surface area contributed by atoms with Gasteiger partial charge in [0.2, 0.25) is 0 Å². The molecule has 0 spiro atoms. The second kappa shape index (κ2) is 10.2. The van der Waals surface area contributed by atoms with Crippen LogP contribution in [0.25, 0.3) is 0 Å². The van der Waals surface area contributed by atoms with E-state index >= 15 is 0 Å². The van der Waals surface area contributed by atoms with Gasteiger partial charge in [-0.15, -0.1) is 0 Å². The van der Waals surface area contributed by atoms with Crippen molar-refractivity contribution in [1.29, 1.82) is 0 Å². The Balaban J connectivity index is -0.00000147. The van der Waals surface area contributed by atoms with Crippen molar-refractivity contribution in [2.45, 2.75) is 21.6 Å². The van der Waals surface area contributed by atoms with Crippen LogP contribution in [-0.2, 0) is 30.4 Å². The Morgan fingerprint density at radius 1 is 0.750 bits per heavy atom. The Bertz CT molecular complexity index is 881. The molecule has 0 radical (unpaired) electrons. The summed E-state index contributed by atoms with van der Waals surface area (Å²) in [4.78, 5) is 6.74. The second-order valence-corrected chi connectivity index (χ2v) is 7.79. The molecule has 1 aromatic carbocycles. The molecule has 0 amide bonds. The zero-order valence-corrected chi connectivity index (χ0v) is 21.4. The van der Waals surface area contributed by atoms with Gasteiger partial charge in [0.05, 0.1) is 20.2 Å². The van der Waals surface area contributed by atoms with Crippen molar-refractivity contribution >= 4 is 36.1 Å². The van der Waals surface area contributed by atoms with Crippen molar-refractivity contribution in [2.75, 3.05) is 0 Å². The van der Waals surface area contributed by atoms with E-state index < -0.39 is 56.4 Å². The van der Waals surface area contributed by atoms with E-state index in [-0.39, 0.29) is 101 Å². The first kappa shape index (κ1) is 30.4. The van der Waals surface area contributed by atoms with Gasteiger partial charge in [-0.25, -0.2) is 25.3 Å². The molecule has 0 saturated carbocycles. The number of ketones is 1. The van der Waals surface area contributed by atoms with Crippen molar-refractivity contribution in [3.63, 3.8) is 0 Å². The van der Waals surface area contributed by atoms with Gasteiger partial charge in [-0.05, 0) is 19.1 Å². The minimum atomic E-state index is -5.52. The van der Waals surface area contributed by atoms with Gasteiger partial charge in [0, 0.05) is 0 Å². The minimum absolute atomic E-state index is 0. The summed E-state index contributed by atoms with van der Waals surface area (Å²) in [6, 6.07) is 0.0756. The Labute approximate surface area is 204 Å². The number of hydrogen-bond acceptors (Lipinski definition) is 10. The van der Waals surface area contributed by atoms with Gasteiger partial charge in [-0.1, -0.05) is 0 Å². The molecule has 0 atom stereocenters. The molecule has 0 unspecified atom stereocenters. The Morgan fingerprint density at radius 3 is 1.21 bits per heavy atom. The third-order valence-electron chi connectivity index (χ3n) is 2.22. The van der Waals surface area contributed by atoms with E-state index in [0.29, 0.717) is 6.92 Å². The number of carbonyl (C=O) groups excluding carboxylic acids is 1. The average molecular weight is 426 g/mol. The van der Waals surface area contributed by atoms with E-state index in [2.05, 4.69) is 0 Å². The number of hydrogen-bond donors (Lipinski definition) is 0. The smallest absolute Gasteiger partial charge is 0.744 e. The summed E-state index contributed by atoms with van der Waals surface area (Å²) in [6.45, 7) is 0.657. The summed E-state index contributed by atoms with van der Waals surface area (Å²) in [5.41, 5.74) is -1.28. The molecule has 0 bridgehead atoms. The maximum atomic E-state index is 11.3. The fraction of sp³-hybridized carbons (Fsp3) is 0.125. The molecule has 24 heavy (non-hydrogen) atoms. The van der Waals surface area contributed by atoms with Crippen LogP contribution in [0.2, 0.25) is 0 Å². The van der Waals surface area contributed by atoms with Crippen molar-refractivity contribution in [2.24, 2.45) is 0 Å². The van der Waals surface area contributed by atoms with E-state index in [1.165, 1.54) is 0 Å². The van der Waals surface area contributed by atoms with Crippen molar-refractivity contribution in [3.8, 4) is 0 Å². The summed E-state index contributed by atoms with van der Waals surface area (Å²) in [7, 11) is -16.4. The summed E-state index contributed by atoms with van der Waals surface area (Å²) in [5, 5.41) is 0. The summed E-state index contributed by atoms with van der Waals surface area (Å²) < 4.78 is 98.6. The number of Topliss-reactive ketones (excluding diaryl/α,β-unsaturated/α-hetero) is 1. The maximum absolute atomic E-state index is 11.3. The largest absolute Gasteiger partial charge is 1.00 e. The zero-order valence-electron chi connectivity index (χ0n) is 13.0. The fourth-order valence-corrected chi connectivity index (χ4v) is 3.74. The third kappa shape index (κ3) is 7.70. The van der Waals surface area contributed by atoms with Gasteiger partial charge in [0.15, 0.2) is 5.78 Å². The van der Waals surface area contributed by atoms with Crippen LogP contribution < -0.4 is 88.7 Å². The molecule has 0 fully saturated rings. The molecule has 0 saturated heterocycles. The second-order valence-electron chi connectivity index (χ2n) is 3.71. The predicted molar refractivity (Wildman–Crippen MR) is 60.3 cm³/mol. The fourth-order valence-electron chi connectivity index (χ4n) is 1.45. The molecule has 0 heterocycles. The molecular formula is C8H5Na3O10S3. The minimum Gasteiger partial charge on any atom is -0.744 e. The summed E-state index contributed by atoms with van der Waals surface area (Å²) in [6.07, 6.45) is 0. The third-order valence-corrected chi connectivity index (χ3v) is 4.75. The topological polar surface area (TPSA) is 189 Å². The molecular weight excluding hydrogens is 421 g/mol. The predicted octanol–water partition coefficient (Wildman–Crippen LogP) is -10.4. The SMILES string of the molecule is CC(=O)c1c(S(=O)(=O)[O-])cc(S(=O)(=O)[O-])cc1S(=O)(=O)[O-].[Na+].[Na+].[Na+]. The van der Waals surface area contributed by atoms with Gasteiger partial charge in [0.25, 0.3) is 0 Å². The molecule has 10 nitrogen and oxygen atoms in total. The Hall–Kier alpha value is 1.62. The molecule has 0 aliphatic heterocycles. The normalized spacial score (nSPS) is 11.5. The van der Waals surface area contributed by atoms with E-state index in [1.54, 1.807) is 0 Å². The van der Waals surface area contributed by atoms with Crippen LogP contribution in [0.4, 0.5) is 0 Å². The molecule has 16 heteroatoms. The van der Waals surface area contributed by atoms with Crippen LogP contribution in [-0.4, -0.2) is 44.7 Å². The van der Waals surface area contributed by atoms with Crippen LogP contribution >= 0.6 is 0 Å². The first-order chi connectivity index (χ1) is 9.15. The van der Waals surface area contributed by atoms with Crippen molar-refractivity contribution in [3.05, 3.63) is 17.7 Å². The van der Waals surface area contributed by atoms with Gasteiger partial charge in [-0.2, -0.15) is 0 Å². The standard InChI is InChI=1S/C8H8O10S3.3Na/c1-4(9)8-6(20(13,14)15)2-5(19(10,11)12)3-7(8)21(16,17)18;;;/h2-3H,1H3,(H,10,11,12)(H,13,14,15)(H,16,17,18);;;/q;3*+1/p-3. The first-order valence-corrected chi connectivity index (χ1v) is 8.95. The van der Waals surface area contributed by atoms with Gasteiger partial charge in [-0.3, -0.25) is 4.79 Å². The number of benzene rings is 1. The molecule has 0 aromatic heterocycles. The van der Waals surface area contributed by atoms with Crippen LogP contribution in [0, 0.1) is 0 Å². The molecule has 0 N–H and O–H groups in total. The maximum Gasteiger partial charge on any atom is 1.00 e. The molecule has 118 valence electrons. The summed E-state index contributed by atoms with van der Waals surface area (Å²) >= 11 is 0. The Kier molecular flexibility index (Phi) is 13.0. The molecule has 1 rings (SSSR count). The van der Waals surface area contributed by atoms with E-state index in [9.17, 15) is 43.7 Å². The van der Waals surface area contributed by atoms with Crippen LogP contribution in [0.3, 0.4) is 0 Å². The molecule has 0 aliphatic rings. The summed E-state index contributed by atoms with van der Waals surface area (Å²) in [5.74, 6) is -1.28. The van der Waals surface area contributed by atoms with Gasteiger partial charge < -0.3 is 13.7 Å². The van der Waals surface area contributed by atoms with Crippen LogP contribution in [0.1, 0.15) is 17.3 Å². The van der Waals surface area contributed by atoms with Gasteiger partial charge in [0.1, 0.15) is 30.4 Å². The Morgan fingerprint density at radius 2 is 1.04 bits per heavy atom. The molecule has 0 aliphatic carbocycles. The van der Waals surface area contributed by atoms with Crippen LogP contribution in [0.5, 0.6) is 0 Å². The van der Waals surface area contributed by atoms with E-state index in [0.717, 1.165) is 0 Å². The monoisotopic (exact) mass is 426 g/mol. The van der Waals surface area contributed by atoms with E-state index in [1.807, 2.05) is 0 Å². The van der Waals surface area contributed by atoms with E-state index in [4.69, 9.17) is 0 Å². The van der Waals surface area contributed by atoms with Crippen molar-refractivity contribution in [1.82, 2.24) is 0 Å². The zero-order chi connectivity index (χ0) is 16.8. The quantitative estimate of drug-likeness (QED) is 0.254. The average Bonchev–Trinajstić information content (AvgIpc) is 2.23. The van der Waals surface area contributed by atoms with Gasteiger partial charge >= 0.3 is 88.7 Å². The van der Waals surface area contributed by atoms with Crippen molar-refractivity contribution < 1.29 is 132 Å². The molecule has 1 aromatic rings. The number of rotatable bonds is 4. The number of carbonyl (C=O) groups is 1. The first-order valence-electron chi connectivity index (χ1n) is 4.72.